The molecule has 0 radical (unpaired) electrons. The summed E-state index contributed by atoms with van der Waals surface area (Å²) in [5.74, 6) is -0.150. The van der Waals surface area contributed by atoms with Crippen LogP contribution in [0.15, 0.2) is 36.7 Å². The van der Waals surface area contributed by atoms with E-state index in [-0.39, 0.29) is 5.91 Å². The zero-order valence-corrected chi connectivity index (χ0v) is 12.5. The van der Waals surface area contributed by atoms with E-state index in [0.717, 1.165) is 11.3 Å². The van der Waals surface area contributed by atoms with Gasteiger partial charge in [0.1, 0.15) is 15.2 Å². The molecule has 0 bridgehead atoms. The Morgan fingerprint density at radius 3 is 2.76 bits per heavy atom. The molecule has 106 valence electrons. The summed E-state index contributed by atoms with van der Waals surface area (Å²) >= 11 is 1.27. The summed E-state index contributed by atoms with van der Waals surface area (Å²) in [6.07, 6.45) is 3.17. The maximum Gasteiger partial charge on any atom is 0.270 e. The second-order valence-electron chi connectivity index (χ2n) is 4.76. The lowest BCUT2D eigenvalue weighted by atomic mass is 10.2. The first-order valence-electron chi connectivity index (χ1n) is 6.41. The van der Waals surface area contributed by atoms with E-state index < -0.39 is 0 Å². The van der Waals surface area contributed by atoms with Crippen LogP contribution in [0.3, 0.4) is 0 Å². The van der Waals surface area contributed by atoms with E-state index in [1.807, 2.05) is 31.2 Å². The molecule has 0 aliphatic rings. The number of anilines is 2. The lowest BCUT2D eigenvalue weighted by Gasteiger charge is -2.17. The summed E-state index contributed by atoms with van der Waals surface area (Å²) < 4.78 is 0. The van der Waals surface area contributed by atoms with Gasteiger partial charge < -0.3 is 10.6 Å². The van der Waals surface area contributed by atoms with Crippen LogP contribution in [0.4, 0.5) is 11.4 Å². The number of fused-ring (bicyclic) bond motifs is 1. The van der Waals surface area contributed by atoms with Gasteiger partial charge in [-0.3, -0.25) is 4.79 Å². The topological polar surface area (TPSA) is 72.1 Å². The van der Waals surface area contributed by atoms with E-state index >= 15 is 0 Å². The molecule has 3 aromatic rings. The highest BCUT2D eigenvalue weighted by Crippen LogP contribution is 2.32. The first kappa shape index (κ1) is 13.5. The Morgan fingerprint density at radius 1 is 1.29 bits per heavy atom. The average Bonchev–Trinajstić information content (AvgIpc) is 2.83. The van der Waals surface area contributed by atoms with Gasteiger partial charge >= 0.3 is 0 Å². The number of amides is 1. The van der Waals surface area contributed by atoms with Crippen LogP contribution in [-0.2, 0) is 0 Å². The number of benzene rings is 1. The SMILES string of the molecule is Cc1cccc(N(C)C(=O)c2sc3nccnc3c2N)c1. The number of hydrogen-bond donors (Lipinski definition) is 1. The molecule has 1 amide bonds. The van der Waals surface area contributed by atoms with Crippen molar-refractivity contribution in [2.75, 3.05) is 17.7 Å². The van der Waals surface area contributed by atoms with Gasteiger partial charge in [-0.15, -0.1) is 11.3 Å². The van der Waals surface area contributed by atoms with Crippen molar-refractivity contribution in [2.24, 2.45) is 0 Å². The van der Waals surface area contributed by atoms with E-state index in [4.69, 9.17) is 5.73 Å². The molecular weight excluding hydrogens is 284 g/mol. The number of thiophene rings is 1. The van der Waals surface area contributed by atoms with Crippen molar-refractivity contribution in [1.82, 2.24) is 9.97 Å². The number of aryl methyl sites for hydroxylation is 1. The fourth-order valence-corrected chi connectivity index (χ4v) is 3.11. The summed E-state index contributed by atoms with van der Waals surface area (Å²) in [6.45, 7) is 1.99. The average molecular weight is 298 g/mol. The predicted molar refractivity (Wildman–Crippen MR) is 85.7 cm³/mol. The maximum atomic E-state index is 12.6. The quantitative estimate of drug-likeness (QED) is 0.789. The van der Waals surface area contributed by atoms with Gasteiger partial charge in [0.05, 0.1) is 5.69 Å². The first-order valence-corrected chi connectivity index (χ1v) is 7.23. The zero-order chi connectivity index (χ0) is 15.0. The third kappa shape index (κ3) is 2.34. The van der Waals surface area contributed by atoms with Crippen molar-refractivity contribution >= 4 is 39.0 Å². The van der Waals surface area contributed by atoms with Crippen LogP contribution in [0, 0.1) is 6.92 Å². The summed E-state index contributed by atoms with van der Waals surface area (Å²) in [7, 11) is 1.74. The second kappa shape index (κ2) is 5.14. The number of carbonyl (C=O) groups is 1. The van der Waals surface area contributed by atoms with Crippen LogP contribution in [-0.4, -0.2) is 22.9 Å². The number of rotatable bonds is 2. The number of carbonyl (C=O) groups excluding carboxylic acids is 1. The predicted octanol–water partition coefficient (Wildman–Crippen LogP) is 2.86. The lowest BCUT2D eigenvalue weighted by molar-refractivity contribution is 0.0997. The molecule has 0 fully saturated rings. The van der Waals surface area contributed by atoms with Gasteiger partial charge in [-0.05, 0) is 24.6 Å². The van der Waals surface area contributed by atoms with Gasteiger partial charge in [0, 0.05) is 25.1 Å². The van der Waals surface area contributed by atoms with Crippen LogP contribution < -0.4 is 10.6 Å². The Morgan fingerprint density at radius 2 is 2.05 bits per heavy atom. The van der Waals surface area contributed by atoms with Crippen molar-refractivity contribution in [3.05, 3.63) is 47.1 Å². The molecule has 0 spiro atoms. The number of nitrogens with two attached hydrogens (primary N) is 1. The van der Waals surface area contributed by atoms with Crippen molar-refractivity contribution in [3.63, 3.8) is 0 Å². The molecule has 21 heavy (non-hydrogen) atoms. The number of nitrogens with zero attached hydrogens (tertiary/aromatic N) is 3. The van der Waals surface area contributed by atoms with Crippen LogP contribution in [0.2, 0.25) is 0 Å². The molecule has 0 aliphatic heterocycles. The van der Waals surface area contributed by atoms with Crippen molar-refractivity contribution in [2.45, 2.75) is 6.92 Å². The molecule has 3 rings (SSSR count). The molecule has 2 N–H and O–H groups in total. The number of hydrogen-bond acceptors (Lipinski definition) is 5. The largest absolute Gasteiger partial charge is 0.396 e. The summed E-state index contributed by atoms with van der Waals surface area (Å²) in [4.78, 5) is 23.8. The number of nitrogen functional groups attached to an aromatic ring is 1. The van der Waals surface area contributed by atoms with Crippen LogP contribution in [0.5, 0.6) is 0 Å². The second-order valence-corrected chi connectivity index (χ2v) is 5.76. The van der Waals surface area contributed by atoms with E-state index in [1.54, 1.807) is 24.3 Å². The van der Waals surface area contributed by atoms with Gasteiger partial charge in [-0.2, -0.15) is 0 Å². The summed E-state index contributed by atoms with van der Waals surface area (Å²) in [6, 6.07) is 7.76. The summed E-state index contributed by atoms with van der Waals surface area (Å²) in [5.41, 5.74) is 8.96. The Hall–Kier alpha value is -2.47. The molecule has 0 atom stereocenters. The van der Waals surface area contributed by atoms with Gasteiger partial charge in [0.15, 0.2) is 0 Å². The highest BCUT2D eigenvalue weighted by atomic mass is 32.1. The standard InChI is InChI=1S/C15H14N4OS/c1-9-4-3-5-10(8-9)19(2)15(20)13-11(16)12-14(21-13)18-7-6-17-12/h3-8H,16H2,1-2H3. The zero-order valence-electron chi connectivity index (χ0n) is 11.7. The monoisotopic (exact) mass is 298 g/mol. The van der Waals surface area contributed by atoms with Crippen molar-refractivity contribution < 1.29 is 4.79 Å². The Kier molecular flexibility index (Phi) is 3.31. The minimum atomic E-state index is -0.150. The van der Waals surface area contributed by atoms with Crippen LogP contribution in [0.1, 0.15) is 15.2 Å². The minimum Gasteiger partial charge on any atom is -0.396 e. The molecule has 6 heteroatoms. The fourth-order valence-electron chi connectivity index (χ4n) is 2.11. The van der Waals surface area contributed by atoms with Crippen LogP contribution >= 0.6 is 11.3 Å². The smallest absolute Gasteiger partial charge is 0.270 e. The molecular formula is C15H14N4OS. The van der Waals surface area contributed by atoms with Gasteiger partial charge in [-0.1, -0.05) is 12.1 Å². The van der Waals surface area contributed by atoms with E-state index in [0.29, 0.717) is 20.9 Å². The first-order chi connectivity index (χ1) is 10.1. The highest BCUT2D eigenvalue weighted by Gasteiger charge is 2.21. The molecule has 0 saturated carbocycles. The lowest BCUT2D eigenvalue weighted by Crippen LogP contribution is -2.26. The van der Waals surface area contributed by atoms with Gasteiger partial charge in [-0.25, -0.2) is 9.97 Å². The molecule has 0 unspecified atom stereocenters. The maximum absolute atomic E-state index is 12.6. The third-order valence-corrected chi connectivity index (χ3v) is 4.34. The number of aromatic nitrogens is 2. The Balaban J connectivity index is 2.02. The summed E-state index contributed by atoms with van der Waals surface area (Å²) in [5, 5.41) is 0. The Bertz CT molecular complexity index is 827. The highest BCUT2D eigenvalue weighted by molar-refractivity contribution is 7.21. The van der Waals surface area contributed by atoms with E-state index in [1.165, 1.54) is 11.3 Å². The van der Waals surface area contributed by atoms with Crippen molar-refractivity contribution in [3.8, 4) is 0 Å². The fraction of sp³-hybridized carbons (Fsp3) is 0.133. The molecule has 2 aromatic heterocycles. The van der Waals surface area contributed by atoms with Crippen LogP contribution in [0.25, 0.3) is 10.3 Å². The Labute approximate surface area is 126 Å². The normalized spacial score (nSPS) is 10.8. The van der Waals surface area contributed by atoms with Crippen molar-refractivity contribution in [1.29, 1.82) is 0 Å². The molecule has 0 saturated heterocycles. The molecule has 2 heterocycles. The molecule has 0 aliphatic carbocycles. The van der Waals surface area contributed by atoms with E-state index in [2.05, 4.69) is 9.97 Å². The molecule has 1 aromatic carbocycles. The van der Waals surface area contributed by atoms with Gasteiger partial charge in [0.25, 0.3) is 5.91 Å². The third-order valence-electron chi connectivity index (χ3n) is 3.25. The van der Waals surface area contributed by atoms with Gasteiger partial charge in [0.2, 0.25) is 0 Å². The molecule has 5 nitrogen and oxygen atoms in total. The van der Waals surface area contributed by atoms with E-state index in [9.17, 15) is 4.79 Å². The minimum absolute atomic E-state index is 0.150.